The maximum absolute atomic E-state index is 13.0. The molecule has 0 unspecified atom stereocenters. The predicted molar refractivity (Wildman–Crippen MR) is 118 cm³/mol. The van der Waals surface area contributed by atoms with E-state index in [9.17, 15) is 19.5 Å². The molecule has 11 nitrogen and oxygen atoms in total. The van der Waals surface area contributed by atoms with Gasteiger partial charge in [-0.1, -0.05) is 5.16 Å². The molecule has 1 fully saturated rings. The molecular formula is C22H19N5O6. The maximum atomic E-state index is 13.0. The zero-order valence-corrected chi connectivity index (χ0v) is 17.1. The Morgan fingerprint density at radius 2 is 2.00 bits per heavy atom. The normalized spacial score (nSPS) is 17.3. The first kappa shape index (κ1) is 20.7. The third-order valence-electron chi connectivity index (χ3n) is 5.39. The highest BCUT2D eigenvalue weighted by atomic mass is 16.5. The highest BCUT2D eigenvalue weighted by Crippen LogP contribution is 2.25. The molecule has 5 rings (SSSR count). The number of carbonyl (C=O) groups is 2. The molecule has 0 saturated carbocycles. The fourth-order valence-electron chi connectivity index (χ4n) is 3.72. The first-order valence-electron chi connectivity index (χ1n) is 10.1. The van der Waals surface area contributed by atoms with Crippen LogP contribution in [0, 0.1) is 0 Å². The van der Waals surface area contributed by atoms with Gasteiger partial charge in [0.1, 0.15) is 0 Å². The number of H-pyrrole nitrogens is 2. The van der Waals surface area contributed by atoms with Crippen molar-refractivity contribution >= 4 is 34.1 Å². The van der Waals surface area contributed by atoms with Crippen molar-refractivity contribution < 1.29 is 24.0 Å². The van der Waals surface area contributed by atoms with Gasteiger partial charge in [-0.2, -0.15) is 0 Å². The predicted octanol–water partition coefficient (Wildman–Crippen LogP) is 1.24. The molecule has 0 aliphatic carbocycles. The average Bonchev–Trinajstić information content (AvgIpc) is 3.47. The molecule has 168 valence electrons. The fourth-order valence-corrected chi connectivity index (χ4v) is 3.72. The van der Waals surface area contributed by atoms with Crippen LogP contribution in [-0.4, -0.2) is 57.4 Å². The number of hydrogen-bond acceptors (Lipinski definition) is 7. The number of rotatable bonds is 5. The summed E-state index contributed by atoms with van der Waals surface area (Å²) >= 11 is 0. The van der Waals surface area contributed by atoms with E-state index in [1.807, 2.05) is 24.4 Å². The number of ether oxygens (including phenoxy) is 1. The second kappa shape index (κ2) is 8.37. The molecule has 11 heteroatoms. The first-order valence-corrected chi connectivity index (χ1v) is 10.1. The number of morpholine rings is 1. The van der Waals surface area contributed by atoms with E-state index in [0.29, 0.717) is 23.5 Å². The van der Waals surface area contributed by atoms with Gasteiger partial charge in [-0.3, -0.25) is 19.1 Å². The van der Waals surface area contributed by atoms with Crippen molar-refractivity contribution in [2.75, 3.05) is 23.4 Å². The van der Waals surface area contributed by atoms with Gasteiger partial charge < -0.3 is 25.0 Å². The summed E-state index contributed by atoms with van der Waals surface area (Å²) in [7, 11) is 0. The van der Waals surface area contributed by atoms with Gasteiger partial charge in [0, 0.05) is 40.6 Å². The van der Waals surface area contributed by atoms with Crippen molar-refractivity contribution in [3.05, 3.63) is 65.3 Å². The van der Waals surface area contributed by atoms with Gasteiger partial charge in [0.2, 0.25) is 0 Å². The number of nitrogens with zero attached hydrogens (tertiary/aromatic N) is 2. The van der Waals surface area contributed by atoms with Gasteiger partial charge in [-0.05, 0) is 48.5 Å². The summed E-state index contributed by atoms with van der Waals surface area (Å²) < 4.78 is 9.92. The van der Waals surface area contributed by atoms with Crippen molar-refractivity contribution in [2.45, 2.75) is 12.2 Å². The quantitative estimate of drug-likeness (QED) is 0.357. The number of hydrogen-bond donors (Lipinski definition) is 4. The van der Waals surface area contributed by atoms with Gasteiger partial charge in [-0.25, -0.2) is 4.79 Å². The Labute approximate surface area is 186 Å². The van der Waals surface area contributed by atoms with Crippen LogP contribution >= 0.6 is 0 Å². The minimum Gasteiger partial charge on any atom is -0.380 e. The van der Waals surface area contributed by atoms with Crippen LogP contribution in [0.25, 0.3) is 22.3 Å². The zero-order valence-electron chi connectivity index (χ0n) is 17.1. The summed E-state index contributed by atoms with van der Waals surface area (Å²) in [5.74, 6) is -1.70. The van der Waals surface area contributed by atoms with E-state index in [0.717, 1.165) is 10.9 Å². The third kappa shape index (κ3) is 4.02. The standard InChI is InChI=1S/C22H19N5O6/c28-17(20(29)24-14-3-1-12(2-4-14)19-25-22(31)33-26-19)18-21(30)27(9-10-32-18)15-5-6-16-13(11-15)7-8-23-16/h1-8,11,17-18,23,28H,9-10H2,(H,24,29)(H,25,26,31)/t17-,18-/m1/s1. The number of amides is 2. The van der Waals surface area contributed by atoms with Crippen molar-refractivity contribution in [3.8, 4) is 11.4 Å². The van der Waals surface area contributed by atoms with Crippen molar-refractivity contribution in [2.24, 2.45) is 0 Å². The van der Waals surface area contributed by atoms with Crippen LogP contribution in [0.1, 0.15) is 0 Å². The third-order valence-corrected chi connectivity index (χ3v) is 5.39. The highest BCUT2D eigenvalue weighted by Gasteiger charge is 2.39. The molecular weight excluding hydrogens is 430 g/mol. The van der Waals surface area contributed by atoms with Crippen LogP contribution in [0.2, 0.25) is 0 Å². The number of nitrogens with one attached hydrogen (secondary N) is 3. The second-order valence-electron chi connectivity index (χ2n) is 7.49. The Morgan fingerprint density at radius 1 is 1.18 bits per heavy atom. The zero-order chi connectivity index (χ0) is 22.9. The monoisotopic (exact) mass is 449 g/mol. The van der Waals surface area contributed by atoms with Gasteiger partial charge in [-0.15, -0.1) is 0 Å². The Morgan fingerprint density at radius 3 is 2.76 bits per heavy atom. The summed E-state index contributed by atoms with van der Waals surface area (Å²) in [6, 6.07) is 13.8. The smallest absolute Gasteiger partial charge is 0.380 e. The van der Waals surface area contributed by atoms with E-state index >= 15 is 0 Å². The number of aliphatic hydroxyl groups is 1. The van der Waals surface area contributed by atoms with E-state index in [1.54, 1.807) is 30.3 Å². The second-order valence-corrected chi connectivity index (χ2v) is 7.49. The molecule has 1 aliphatic heterocycles. The fraction of sp³-hybridized carbons (Fsp3) is 0.182. The number of anilines is 2. The van der Waals surface area contributed by atoms with Gasteiger partial charge >= 0.3 is 5.76 Å². The van der Waals surface area contributed by atoms with Crippen LogP contribution in [0.4, 0.5) is 11.4 Å². The van der Waals surface area contributed by atoms with Gasteiger partial charge in [0.15, 0.2) is 18.0 Å². The first-order chi connectivity index (χ1) is 16.0. The number of carbonyl (C=O) groups excluding carboxylic acids is 2. The van der Waals surface area contributed by atoms with Gasteiger partial charge in [0.05, 0.1) is 6.61 Å². The molecule has 0 bridgehead atoms. The molecule has 2 aromatic heterocycles. The minimum absolute atomic E-state index is 0.177. The summed E-state index contributed by atoms with van der Waals surface area (Å²) in [6.07, 6.45) is -1.23. The molecule has 33 heavy (non-hydrogen) atoms. The lowest BCUT2D eigenvalue weighted by molar-refractivity contribution is -0.150. The van der Waals surface area contributed by atoms with E-state index in [2.05, 4.69) is 25.0 Å². The Hall–Kier alpha value is -4.22. The van der Waals surface area contributed by atoms with Gasteiger partial charge in [0.25, 0.3) is 11.8 Å². The molecule has 1 aliphatic rings. The topological polar surface area (TPSA) is 154 Å². The SMILES string of the molecule is O=C(Nc1ccc(-c2noc(=O)[nH]2)cc1)[C@H](O)[C@H]1OCCN(c2ccc3[nH]ccc3c2)C1=O. The minimum atomic E-state index is -1.71. The lowest BCUT2D eigenvalue weighted by atomic mass is 10.1. The Kier molecular flexibility index (Phi) is 5.24. The van der Waals surface area contributed by atoms with E-state index in [1.165, 1.54) is 4.90 Å². The summed E-state index contributed by atoms with van der Waals surface area (Å²) in [4.78, 5) is 43.7. The molecule has 2 atom stereocenters. The Balaban J connectivity index is 1.27. The molecule has 0 spiro atoms. The van der Waals surface area contributed by atoms with Crippen LogP contribution in [-0.2, 0) is 14.3 Å². The van der Waals surface area contributed by atoms with Crippen LogP contribution in [0.3, 0.4) is 0 Å². The number of benzene rings is 2. The Bertz CT molecular complexity index is 1370. The molecule has 1 saturated heterocycles. The molecule has 4 N–H and O–H groups in total. The molecule has 4 aromatic rings. The summed E-state index contributed by atoms with van der Waals surface area (Å²) in [5, 5.41) is 17.7. The summed E-state index contributed by atoms with van der Waals surface area (Å²) in [5.41, 5.74) is 2.55. The number of aliphatic hydroxyl groups excluding tert-OH is 1. The van der Waals surface area contributed by atoms with E-state index in [4.69, 9.17) is 4.74 Å². The summed E-state index contributed by atoms with van der Waals surface area (Å²) in [6.45, 7) is 0.488. The number of aromatic nitrogens is 3. The maximum Gasteiger partial charge on any atom is 0.439 e. The van der Waals surface area contributed by atoms with E-state index in [-0.39, 0.29) is 12.4 Å². The lowest BCUT2D eigenvalue weighted by Gasteiger charge is -2.34. The highest BCUT2D eigenvalue weighted by molar-refractivity contribution is 6.04. The number of fused-ring (bicyclic) bond motifs is 1. The van der Waals surface area contributed by atoms with Crippen LogP contribution in [0.15, 0.2) is 64.0 Å². The van der Waals surface area contributed by atoms with Crippen LogP contribution in [0.5, 0.6) is 0 Å². The van der Waals surface area contributed by atoms with Crippen molar-refractivity contribution in [1.29, 1.82) is 0 Å². The molecule has 3 heterocycles. The number of aromatic amines is 2. The van der Waals surface area contributed by atoms with Crippen molar-refractivity contribution in [3.63, 3.8) is 0 Å². The van der Waals surface area contributed by atoms with Crippen LogP contribution < -0.4 is 16.0 Å². The molecule has 2 aromatic carbocycles. The molecule has 2 amide bonds. The average molecular weight is 449 g/mol. The molecule has 0 radical (unpaired) electrons. The van der Waals surface area contributed by atoms with E-state index < -0.39 is 29.8 Å². The van der Waals surface area contributed by atoms with Crippen molar-refractivity contribution in [1.82, 2.24) is 15.1 Å². The largest absolute Gasteiger partial charge is 0.439 e. The lowest BCUT2D eigenvalue weighted by Crippen LogP contribution is -2.55.